The Morgan fingerprint density at radius 2 is 1.39 bits per heavy atom. The fraction of sp³-hybridized carbons (Fsp3) is 0.263. The molecule has 0 atom stereocenters. The molecule has 3 rings (SSSR count). The molecule has 1 heterocycles. The van der Waals surface area contributed by atoms with E-state index in [1.54, 1.807) is 0 Å². The summed E-state index contributed by atoms with van der Waals surface area (Å²) >= 11 is 0. The van der Waals surface area contributed by atoms with Gasteiger partial charge in [0.1, 0.15) is 0 Å². The molecule has 2 aromatic carbocycles. The number of halogens is 3. The minimum Gasteiger partial charge on any atom is -0.368 e. The quantitative estimate of drug-likeness (QED) is 0.622. The number of carbonyl (C=O) groups excluding carboxylic acids is 1. The summed E-state index contributed by atoms with van der Waals surface area (Å²) in [5.41, 5.74) is 9.09. The van der Waals surface area contributed by atoms with E-state index in [0.29, 0.717) is 0 Å². The van der Waals surface area contributed by atoms with Crippen molar-refractivity contribution in [1.82, 2.24) is 5.43 Å². The maximum Gasteiger partial charge on any atom is 0.416 e. The average Bonchev–Trinajstić information content (AvgIpc) is 2.68. The van der Waals surface area contributed by atoms with Gasteiger partial charge >= 0.3 is 12.2 Å². The predicted molar refractivity (Wildman–Crippen MR) is 103 cm³/mol. The van der Waals surface area contributed by atoms with Crippen molar-refractivity contribution >= 4 is 23.6 Å². The van der Waals surface area contributed by atoms with E-state index in [4.69, 9.17) is 5.73 Å². The van der Waals surface area contributed by atoms with E-state index in [0.717, 1.165) is 55.2 Å². The summed E-state index contributed by atoms with van der Waals surface area (Å²) in [5, 5.41) is 3.71. The molecule has 2 aromatic rings. The molecule has 6 nitrogen and oxygen atoms in total. The second-order valence-corrected chi connectivity index (χ2v) is 6.34. The van der Waals surface area contributed by atoms with Crippen LogP contribution in [0.3, 0.4) is 0 Å². The summed E-state index contributed by atoms with van der Waals surface area (Å²) in [5.74, 6) is 0. The van der Waals surface area contributed by atoms with Gasteiger partial charge in [0.2, 0.25) is 0 Å². The standard InChI is InChI=1S/C19H20F3N5O/c20-19(21,22)15-3-7-17(8-4-15)27-11-9-26(10-12-27)16-5-1-14(2-6-16)13-24-25-18(23)28/h1-8,13H,9-12H2,(H3,23,25,28)/b24-13+. The second kappa shape index (κ2) is 8.20. The highest BCUT2D eigenvalue weighted by molar-refractivity contribution is 5.82. The van der Waals surface area contributed by atoms with Crippen molar-refractivity contribution in [1.29, 1.82) is 0 Å². The number of carbonyl (C=O) groups is 1. The lowest BCUT2D eigenvalue weighted by Crippen LogP contribution is -2.46. The molecule has 0 radical (unpaired) electrons. The van der Waals surface area contributed by atoms with Crippen LogP contribution in [-0.2, 0) is 6.18 Å². The topological polar surface area (TPSA) is 74.0 Å². The first-order valence-electron chi connectivity index (χ1n) is 8.69. The van der Waals surface area contributed by atoms with E-state index < -0.39 is 17.8 Å². The number of urea groups is 1. The van der Waals surface area contributed by atoms with E-state index in [2.05, 4.69) is 20.3 Å². The van der Waals surface area contributed by atoms with Crippen molar-refractivity contribution in [3.05, 3.63) is 59.7 Å². The van der Waals surface area contributed by atoms with Gasteiger partial charge in [0.15, 0.2) is 0 Å². The van der Waals surface area contributed by atoms with E-state index in [1.165, 1.54) is 18.3 Å². The number of hydrogen-bond donors (Lipinski definition) is 2. The van der Waals surface area contributed by atoms with Crippen molar-refractivity contribution in [2.24, 2.45) is 10.8 Å². The lowest BCUT2D eigenvalue weighted by molar-refractivity contribution is -0.137. The monoisotopic (exact) mass is 391 g/mol. The molecular weight excluding hydrogens is 371 g/mol. The molecule has 28 heavy (non-hydrogen) atoms. The fourth-order valence-corrected chi connectivity index (χ4v) is 3.03. The Morgan fingerprint density at radius 1 is 0.929 bits per heavy atom. The van der Waals surface area contributed by atoms with Gasteiger partial charge in [-0.3, -0.25) is 0 Å². The Hall–Kier alpha value is -3.23. The van der Waals surface area contributed by atoms with Gasteiger partial charge in [-0.25, -0.2) is 10.2 Å². The van der Waals surface area contributed by atoms with E-state index in [1.807, 2.05) is 24.3 Å². The number of alkyl halides is 3. The Bertz CT molecular complexity index is 826. The first-order chi connectivity index (χ1) is 13.3. The number of nitrogens with two attached hydrogens (primary N) is 1. The van der Waals surface area contributed by atoms with Gasteiger partial charge in [0.25, 0.3) is 0 Å². The maximum absolute atomic E-state index is 12.7. The molecular formula is C19H20F3N5O. The summed E-state index contributed by atoms with van der Waals surface area (Å²) in [6.45, 7) is 2.96. The number of primary amides is 1. The minimum absolute atomic E-state index is 0.635. The lowest BCUT2D eigenvalue weighted by atomic mass is 10.1. The third-order valence-electron chi connectivity index (χ3n) is 4.49. The number of anilines is 2. The molecule has 1 fully saturated rings. The number of piperazine rings is 1. The number of amides is 2. The summed E-state index contributed by atoms with van der Waals surface area (Å²) in [7, 11) is 0. The number of nitrogens with zero attached hydrogens (tertiary/aromatic N) is 3. The molecule has 1 aliphatic rings. The van der Waals surface area contributed by atoms with Gasteiger partial charge in [0, 0.05) is 37.6 Å². The maximum atomic E-state index is 12.7. The van der Waals surface area contributed by atoms with Crippen molar-refractivity contribution in [3.8, 4) is 0 Å². The van der Waals surface area contributed by atoms with Crippen molar-refractivity contribution in [2.45, 2.75) is 6.18 Å². The SMILES string of the molecule is NC(=O)N/N=C/c1ccc(N2CCN(c3ccc(C(F)(F)F)cc3)CC2)cc1. The van der Waals surface area contributed by atoms with Crippen LogP contribution in [0, 0.1) is 0 Å². The Balaban J connectivity index is 1.56. The Kier molecular flexibility index (Phi) is 5.72. The molecule has 3 N–H and O–H groups in total. The van der Waals surface area contributed by atoms with Gasteiger partial charge in [-0.1, -0.05) is 12.1 Å². The first kappa shape index (κ1) is 19.5. The molecule has 0 aromatic heterocycles. The molecule has 1 saturated heterocycles. The molecule has 1 aliphatic heterocycles. The number of rotatable bonds is 4. The molecule has 0 aliphatic carbocycles. The van der Waals surface area contributed by atoms with Gasteiger partial charge in [0.05, 0.1) is 11.8 Å². The smallest absolute Gasteiger partial charge is 0.368 e. The highest BCUT2D eigenvalue weighted by Gasteiger charge is 2.30. The van der Waals surface area contributed by atoms with Crippen LogP contribution in [0.2, 0.25) is 0 Å². The number of nitrogens with one attached hydrogen (secondary N) is 1. The van der Waals surface area contributed by atoms with Crippen LogP contribution in [-0.4, -0.2) is 38.4 Å². The van der Waals surface area contributed by atoms with Crippen molar-refractivity contribution < 1.29 is 18.0 Å². The molecule has 0 unspecified atom stereocenters. The van der Waals surface area contributed by atoms with Crippen LogP contribution in [0.15, 0.2) is 53.6 Å². The average molecular weight is 391 g/mol. The van der Waals surface area contributed by atoms with Crippen LogP contribution in [0.1, 0.15) is 11.1 Å². The van der Waals surface area contributed by atoms with Gasteiger partial charge < -0.3 is 15.5 Å². The van der Waals surface area contributed by atoms with Crippen molar-refractivity contribution in [2.75, 3.05) is 36.0 Å². The van der Waals surface area contributed by atoms with Gasteiger partial charge in [-0.15, -0.1) is 0 Å². The van der Waals surface area contributed by atoms with Crippen LogP contribution in [0.25, 0.3) is 0 Å². The lowest BCUT2D eigenvalue weighted by Gasteiger charge is -2.37. The molecule has 9 heteroatoms. The first-order valence-corrected chi connectivity index (χ1v) is 8.69. The zero-order valence-electron chi connectivity index (χ0n) is 15.0. The van der Waals surface area contributed by atoms with Gasteiger partial charge in [-0.05, 0) is 42.0 Å². The van der Waals surface area contributed by atoms with Crippen LogP contribution < -0.4 is 21.0 Å². The van der Waals surface area contributed by atoms with Gasteiger partial charge in [-0.2, -0.15) is 18.3 Å². The predicted octanol–water partition coefficient (Wildman–Crippen LogP) is 3.03. The molecule has 0 saturated carbocycles. The second-order valence-electron chi connectivity index (χ2n) is 6.34. The number of hydrazone groups is 1. The summed E-state index contributed by atoms with van der Waals surface area (Å²) < 4.78 is 38.0. The van der Waals surface area contributed by atoms with Crippen LogP contribution in [0.5, 0.6) is 0 Å². The zero-order valence-corrected chi connectivity index (χ0v) is 15.0. The Labute approximate surface area is 160 Å². The third-order valence-corrected chi connectivity index (χ3v) is 4.49. The van der Waals surface area contributed by atoms with Crippen LogP contribution in [0.4, 0.5) is 29.3 Å². The van der Waals surface area contributed by atoms with Crippen molar-refractivity contribution in [3.63, 3.8) is 0 Å². The number of hydrogen-bond acceptors (Lipinski definition) is 4. The Morgan fingerprint density at radius 3 is 1.82 bits per heavy atom. The molecule has 0 spiro atoms. The highest BCUT2D eigenvalue weighted by Crippen LogP contribution is 2.31. The van der Waals surface area contributed by atoms with Crippen LogP contribution >= 0.6 is 0 Å². The number of benzene rings is 2. The molecule has 148 valence electrons. The fourth-order valence-electron chi connectivity index (χ4n) is 3.03. The molecule has 2 amide bonds. The zero-order chi connectivity index (χ0) is 20.1. The largest absolute Gasteiger partial charge is 0.416 e. The minimum atomic E-state index is -4.32. The van der Waals surface area contributed by atoms with E-state index in [-0.39, 0.29) is 0 Å². The summed E-state index contributed by atoms with van der Waals surface area (Å²) in [6, 6.07) is 12.2. The molecule has 0 bridgehead atoms. The normalized spacial score (nSPS) is 15.1. The highest BCUT2D eigenvalue weighted by atomic mass is 19.4. The van der Waals surface area contributed by atoms with E-state index >= 15 is 0 Å². The summed E-state index contributed by atoms with van der Waals surface area (Å²) in [4.78, 5) is 14.9. The summed E-state index contributed by atoms with van der Waals surface area (Å²) in [6.07, 6.45) is -2.82. The third kappa shape index (κ3) is 4.93. The van der Waals surface area contributed by atoms with E-state index in [9.17, 15) is 18.0 Å².